The average Bonchev–Trinajstić information content (AvgIpc) is 3.62. The van der Waals surface area contributed by atoms with Crippen LogP contribution in [0.1, 0.15) is 115 Å². The largest absolute Gasteiger partial charge is 0.509 e. The van der Waals surface area contributed by atoms with Crippen LogP contribution in [0.4, 0.5) is 17.1 Å². The molecule has 3 heterocycles. The molecule has 0 unspecified atom stereocenters. The summed E-state index contributed by atoms with van der Waals surface area (Å²) < 4.78 is 34.3. The van der Waals surface area contributed by atoms with Gasteiger partial charge in [0.15, 0.2) is 0 Å². The molecular formula is C48H55N4OPt-3. The van der Waals surface area contributed by atoms with Crippen LogP contribution in [-0.4, -0.2) is 16.5 Å². The number of ether oxygens (including phenoxy) is 1. The molecule has 7 rings (SSSR count). The zero-order chi connectivity index (χ0) is 40.9. The zero-order valence-electron chi connectivity index (χ0n) is 37.0. The Morgan fingerprint density at radius 3 is 1.94 bits per heavy atom. The van der Waals surface area contributed by atoms with Crippen LogP contribution in [0.5, 0.6) is 11.5 Å². The van der Waals surface area contributed by atoms with Crippen molar-refractivity contribution in [2.45, 2.75) is 112 Å². The van der Waals surface area contributed by atoms with Gasteiger partial charge < -0.3 is 19.1 Å². The molecule has 0 saturated heterocycles. The number of hydrogen-bond donors (Lipinski definition) is 0. The molecular weight excluding hydrogens is 844 g/mol. The number of pyridine rings is 1. The Labute approximate surface area is 342 Å². The molecule has 1 aliphatic heterocycles. The summed E-state index contributed by atoms with van der Waals surface area (Å²) >= 11 is 0. The minimum atomic E-state index is -2.38. The van der Waals surface area contributed by atoms with Crippen molar-refractivity contribution in [3.63, 3.8) is 0 Å². The third-order valence-corrected chi connectivity index (χ3v) is 10.4. The smallest absolute Gasteiger partial charge is 0.135 e. The van der Waals surface area contributed by atoms with Gasteiger partial charge in [-0.15, -0.1) is 46.5 Å². The van der Waals surface area contributed by atoms with E-state index in [1.807, 2.05) is 29.3 Å². The standard InChI is InChI=1S/C48H55N4O.Pt/c1-30-21-37-38-24-31(45(2,3)4)15-17-39(38)52(44-26-33(19-20-49-44)47(8,9)10)41(37)28-43(30)53-36-23-34(48(11,12)13)22-35(27-36)51-29-50(14)42-25-32(46(5,6)7)16-18-40(42)51;/h15-26,29H,1-14H3;/q-3;/i14D3;. The first kappa shape index (κ1) is 35.6. The molecule has 0 spiro atoms. The van der Waals surface area contributed by atoms with Gasteiger partial charge in [-0.2, -0.15) is 12.7 Å². The second-order valence-corrected chi connectivity index (χ2v) is 18.8. The predicted molar refractivity (Wildman–Crippen MR) is 224 cm³/mol. The van der Waals surface area contributed by atoms with Crippen LogP contribution in [-0.2, 0) is 42.7 Å². The van der Waals surface area contributed by atoms with Crippen molar-refractivity contribution >= 4 is 38.9 Å². The number of hydrogen-bond acceptors (Lipinski definition) is 4. The van der Waals surface area contributed by atoms with E-state index in [1.165, 1.54) is 16.0 Å². The molecule has 286 valence electrons. The Kier molecular flexibility index (Phi) is 8.96. The van der Waals surface area contributed by atoms with E-state index in [2.05, 4.69) is 155 Å². The van der Waals surface area contributed by atoms with Gasteiger partial charge in [-0.05, 0) is 81.0 Å². The maximum absolute atomic E-state index is 8.42. The van der Waals surface area contributed by atoms with Gasteiger partial charge in [-0.25, -0.2) is 4.98 Å². The van der Waals surface area contributed by atoms with Gasteiger partial charge >= 0.3 is 0 Å². The summed E-state index contributed by atoms with van der Waals surface area (Å²) in [5, 5.41) is 2.22. The maximum Gasteiger partial charge on any atom is 0.135 e. The molecule has 0 N–H and O–H groups in total. The molecule has 0 aliphatic carbocycles. The van der Waals surface area contributed by atoms with Crippen LogP contribution in [0.2, 0.25) is 0 Å². The monoisotopic (exact) mass is 901 g/mol. The minimum absolute atomic E-state index is 0. The van der Waals surface area contributed by atoms with Crippen molar-refractivity contribution in [1.29, 1.82) is 0 Å². The molecule has 4 aromatic carbocycles. The fourth-order valence-electron chi connectivity index (χ4n) is 6.97. The molecule has 0 fully saturated rings. The van der Waals surface area contributed by atoms with Crippen molar-refractivity contribution in [1.82, 2.24) is 9.55 Å². The number of fused-ring (bicyclic) bond motifs is 4. The number of anilines is 3. The van der Waals surface area contributed by atoms with Crippen molar-refractivity contribution in [2.24, 2.45) is 0 Å². The third-order valence-electron chi connectivity index (χ3n) is 10.4. The van der Waals surface area contributed by atoms with Gasteiger partial charge in [0.25, 0.3) is 0 Å². The third kappa shape index (κ3) is 7.34. The fourth-order valence-corrected chi connectivity index (χ4v) is 6.97. The first-order valence-corrected chi connectivity index (χ1v) is 18.6. The zero-order valence-corrected chi connectivity index (χ0v) is 36.3. The van der Waals surface area contributed by atoms with Crippen LogP contribution in [0.15, 0.2) is 72.9 Å². The minimum Gasteiger partial charge on any atom is -0.509 e. The van der Waals surface area contributed by atoms with Gasteiger partial charge in [-0.3, -0.25) is 0 Å². The molecule has 54 heavy (non-hydrogen) atoms. The number of benzene rings is 4. The van der Waals surface area contributed by atoms with Crippen molar-refractivity contribution in [3.05, 3.63) is 120 Å². The van der Waals surface area contributed by atoms with Crippen LogP contribution in [0, 0.1) is 25.7 Å². The first-order chi connectivity index (χ1) is 25.8. The molecule has 6 aromatic rings. The maximum atomic E-state index is 8.42. The van der Waals surface area contributed by atoms with E-state index in [1.54, 1.807) is 6.67 Å². The fraction of sp³-hybridized carbons (Fsp3) is 0.375. The van der Waals surface area contributed by atoms with Crippen LogP contribution in [0.25, 0.3) is 27.6 Å². The molecule has 5 nitrogen and oxygen atoms in total. The molecule has 0 saturated carbocycles. The van der Waals surface area contributed by atoms with E-state index in [0.29, 0.717) is 22.9 Å². The van der Waals surface area contributed by atoms with Crippen molar-refractivity contribution in [2.75, 3.05) is 16.8 Å². The van der Waals surface area contributed by atoms with Crippen molar-refractivity contribution in [3.8, 4) is 17.3 Å². The van der Waals surface area contributed by atoms with E-state index in [-0.39, 0.29) is 42.7 Å². The summed E-state index contributed by atoms with van der Waals surface area (Å²) in [4.78, 5) is 8.20. The van der Waals surface area contributed by atoms with Crippen molar-refractivity contribution < 1.29 is 29.9 Å². The molecule has 0 amide bonds. The van der Waals surface area contributed by atoms with Crippen LogP contribution in [0.3, 0.4) is 0 Å². The Balaban J connectivity index is 0.00000549. The van der Waals surface area contributed by atoms with Gasteiger partial charge in [0, 0.05) is 59.8 Å². The Morgan fingerprint density at radius 1 is 0.667 bits per heavy atom. The van der Waals surface area contributed by atoms with E-state index < -0.39 is 6.98 Å². The van der Waals surface area contributed by atoms with Gasteiger partial charge in [0.1, 0.15) is 5.82 Å². The molecule has 0 bridgehead atoms. The van der Waals surface area contributed by atoms with Crippen LogP contribution >= 0.6 is 0 Å². The molecule has 0 atom stereocenters. The van der Waals surface area contributed by atoms with E-state index >= 15 is 0 Å². The SMILES string of the molecule is [2H]C([2H])([2H])N1[CH-]N(c2[c-]c(Oc3[c-]c4c(cc3C)c3cc(C(C)(C)C)ccc3n4-c3cc(C(C)(C)C)ccn3)cc(C(C)(C)C)c2)c2ccc(C(C)(C)C)cc21.[Pt]. The van der Waals surface area contributed by atoms with E-state index in [4.69, 9.17) is 13.8 Å². The quantitative estimate of drug-likeness (QED) is 0.165. The second-order valence-electron chi connectivity index (χ2n) is 18.8. The summed E-state index contributed by atoms with van der Waals surface area (Å²) in [6.07, 6.45) is 1.89. The summed E-state index contributed by atoms with van der Waals surface area (Å²) in [5.74, 6) is 1.93. The van der Waals surface area contributed by atoms with Gasteiger partial charge in [0.05, 0.1) is 0 Å². The number of aryl methyl sites for hydroxylation is 1. The number of rotatable bonds is 4. The van der Waals surface area contributed by atoms with Gasteiger partial charge in [0.2, 0.25) is 0 Å². The molecule has 2 aromatic heterocycles. The topological polar surface area (TPSA) is 33.5 Å². The second kappa shape index (κ2) is 13.6. The molecule has 1 aliphatic rings. The molecule has 0 radical (unpaired) electrons. The molecule has 6 heteroatoms. The summed E-state index contributed by atoms with van der Waals surface area (Å²) in [6.45, 7) is 27.6. The average molecular weight is 902 g/mol. The van der Waals surface area contributed by atoms with Gasteiger partial charge in [-0.1, -0.05) is 114 Å². The Bertz CT molecular complexity index is 2490. The first-order valence-electron chi connectivity index (χ1n) is 20.1. The summed E-state index contributed by atoms with van der Waals surface area (Å²) in [6, 6.07) is 30.6. The number of nitrogens with zero attached hydrogens (tertiary/aromatic N) is 4. The Hall–Kier alpha value is -4.08. The normalized spacial score (nSPS) is 14.9. The van der Waals surface area contributed by atoms with E-state index in [0.717, 1.165) is 50.0 Å². The summed E-state index contributed by atoms with van der Waals surface area (Å²) in [7, 11) is 0. The van der Waals surface area contributed by atoms with Crippen LogP contribution < -0.4 is 14.5 Å². The number of aromatic nitrogens is 2. The Morgan fingerprint density at radius 2 is 1.30 bits per heavy atom. The predicted octanol–water partition coefficient (Wildman–Crippen LogP) is 12.8. The summed E-state index contributed by atoms with van der Waals surface area (Å²) in [5.41, 5.74) is 9.03. The van der Waals surface area contributed by atoms with E-state index in [9.17, 15) is 0 Å².